The Balaban J connectivity index is 1.71. The normalized spacial score (nSPS) is 12.3. The van der Waals surface area contributed by atoms with E-state index < -0.39 is 18.0 Å². The molecule has 0 aliphatic carbocycles. The van der Waals surface area contributed by atoms with Gasteiger partial charge in [0.1, 0.15) is 17.4 Å². The molecule has 1 amide bonds. The summed E-state index contributed by atoms with van der Waals surface area (Å²) in [6.45, 7) is 4.49. The molecule has 3 heterocycles. The van der Waals surface area contributed by atoms with Gasteiger partial charge in [-0.25, -0.2) is 9.97 Å². The molecule has 0 fully saturated rings. The van der Waals surface area contributed by atoms with Crippen molar-refractivity contribution in [3.05, 3.63) is 73.1 Å². The van der Waals surface area contributed by atoms with Crippen molar-refractivity contribution in [2.75, 3.05) is 33.1 Å². The van der Waals surface area contributed by atoms with Gasteiger partial charge in [-0.3, -0.25) is 14.2 Å². The molecule has 1 unspecified atom stereocenters. The van der Waals surface area contributed by atoms with Crippen molar-refractivity contribution in [3.8, 4) is 28.0 Å². The molecule has 43 heavy (non-hydrogen) atoms. The minimum atomic E-state index is -0.735. The molecule has 3 aromatic heterocycles. The van der Waals surface area contributed by atoms with Gasteiger partial charge in [-0.15, -0.1) is 0 Å². The molecule has 1 atom stereocenters. The summed E-state index contributed by atoms with van der Waals surface area (Å²) in [4.78, 5) is 35.3. The molecule has 10 nitrogen and oxygen atoms in total. The van der Waals surface area contributed by atoms with Gasteiger partial charge in [0.25, 0.3) is 0 Å². The summed E-state index contributed by atoms with van der Waals surface area (Å²) in [7, 11) is 5.39. The molecule has 4 aromatic rings. The van der Waals surface area contributed by atoms with Crippen LogP contribution in [-0.2, 0) is 21.1 Å². The smallest absolute Gasteiger partial charge is 0.324 e. The number of pyridine rings is 2. The summed E-state index contributed by atoms with van der Waals surface area (Å²) in [5, 5.41) is 3.58. The fraction of sp³-hybridized carbons (Fsp3) is 0.312. The van der Waals surface area contributed by atoms with E-state index in [0.29, 0.717) is 46.6 Å². The summed E-state index contributed by atoms with van der Waals surface area (Å²) in [5.41, 5.74) is 9.82. The number of nitrogens with one attached hydrogen (secondary N) is 1. The standard InChI is InChI=1S/C32H37FN6O4/c1-20(2)11-28(34)32(41)43-19-39-18-27(21-8-9-35-29(33)15-21)26-14-23(17-36-31(26)39)22-12-24(16-25(13-22)42-5)37-30(40)7-6-10-38(3)4/h6-9,12-18,20,28H,10-11,19,34H2,1-5H3,(H,37,40)/b7-6+. The second-order valence-corrected chi connectivity index (χ2v) is 10.9. The molecule has 0 spiro atoms. The third kappa shape index (κ3) is 8.24. The number of anilines is 1. The number of benzene rings is 1. The number of likely N-dealkylation sites (N-methyl/N-ethyl adjacent to an activating group) is 1. The molecule has 0 radical (unpaired) electrons. The molecule has 0 saturated carbocycles. The van der Waals surface area contributed by atoms with Gasteiger partial charge >= 0.3 is 5.97 Å². The SMILES string of the molecule is COc1cc(NC(=O)/C=C/CN(C)C)cc(-c2cnc3c(c2)c(-c2ccnc(F)c2)cn3COC(=O)C(N)CC(C)C)c1. The Morgan fingerprint density at radius 1 is 1.12 bits per heavy atom. The van der Waals surface area contributed by atoms with E-state index in [1.807, 2.05) is 51.0 Å². The van der Waals surface area contributed by atoms with Crippen molar-refractivity contribution in [3.63, 3.8) is 0 Å². The number of rotatable bonds is 12. The predicted octanol–water partition coefficient (Wildman–Crippen LogP) is 4.84. The number of esters is 1. The van der Waals surface area contributed by atoms with Crippen LogP contribution < -0.4 is 15.8 Å². The lowest BCUT2D eigenvalue weighted by Gasteiger charge is -2.14. The lowest BCUT2D eigenvalue weighted by Crippen LogP contribution is -2.33. The number of nitrogens with two attached hydrogens (primary N) is 1. The second kappa shape index (κ2) is 14.0. The zero-order chi connectivity index (χ0) is 31.1. The fourth-order valence-electron chi connectivity index (χ4n) is 4.58. The van der Waals surface area contributed by atoms with E-state index in [1.165, 1.54) is 18.3 Å². The van der Waals surface area contributed by atoms with Crippen LogP contribution in [0.5, 0.6) is 5.75 Å². The van der Waals surface area contributed by atoms with Crippen molar-refractivity contribution < 1.29 is 23.5 Å². The van der Waals surface area contributed by atoms with Gasteiger partial charge in [-0.1, -0.05) is 19.9 Å². The minimum absolute atomic E-state index is 0.113. The van der Waals surface area contributed by atoms with Gasteiger partial charge in [-0.05, 0) is 61.8 Å². The Morgan fingerprint density at radius 2 is 1.91 bits per heavy atom. The molecule has 226 valence electrons. The van der Waals surface area contributed by atoms with Crippen molar-refractivity contribution >= 4 is 28.6 Å². The van der Waals surface area contributed by atoms with Crippen molar-refractivity contribution in [1.82, 2.24) is 19.4 Å². The van der Waals surface area contributed by atoms with Crippen LogP contribution in [0.2, 0.25) is 0 Å². The number of hydrogen-bond acceptors (Lipinski definition) is 8. The number of halogens is 1. The minimum Gasteiger partial charge on any atom is -0.497 e. The average molecular weight is 589 g/mol. The molecule has 1 aromatic carbocycles. The molecule has 0 saturated heterocycles. The Morgan fingerprint density at radius 3 is 2.60 bits per heavy atom. The number of amides is 1. The highest BCUT2D eigenvalue weighted by Crippen LogP contribution is 2.35. The zero-order valence-corrected chi connectivity index (χ0v) is 25.0. The van der Waals surface area contributed by atoms with E-state index in [2.05, 4.69) is 15.3 Å². The van der Waals surface area contributed by atoms with E-state index >= 15 is 0 Å². The van der Waals surface area contributed by atoms with Crippen LogP contribution in [0.4, 0.5) is 10.1 Å². The molecule has 0 aliphatic heterocycles. The highest BCUT2D eigenvalue weighted by Gasteiger charge is 2.19. The lowest BCUT2D eigenvalue weighted by molar-refractivity contribution is -0.149. The number of carbonyl (C=O) groups is 2. The van der Waals surface area contributed by atoms with Crippen LogP contribution in [0.1, 0.15) is 20.3 Å². The molecule has 4 rings (SSSR count). The molecule has 0 bridgehead atoms. The number of carbonyl (C=O) groups excluding carboxylic acids is 2. The number of aromatic nitrogens is 3. The summed E-state index contributed by atoms with van der Waals surface area (Å²) < 4.78 is 26.8. The molecule has 3 N–H and O–H groups in total. The number of hydrogen-bond donors (Lipinski definition) is 2. The summed E-state index contributed by atoms with van der Waals surface area (Å²) in [5.74, 6) is -0.610. The number of nitrogens with zero attached hydrogens (tertiary/aromatic N) is 4. The predicted molar refractivity (Wildman–Crippen MR) is 165 cm³/mol. The Kier molecular flexibility index (Phi) is 10.2. The van der Waals surface area contributed by atoms with Crippen molar-refractivity contribution in [1.29, 1.82) is 0 Å². The topological polar surface area (TPSA) is 125 Å². The van der Waals surface area contributed by atoms with E-state index in [9.17, 15) is 14.0 Å². The van der Waals surface area contributed by atoms with E-state index in [-0.39, 0.29) is 18.6 Å². The Labute approximate surface area is 250 Å². The van der Waals surface area contributed by atoms with Crippen LogP contribution in [0.3, 0.4) is 0 Å². The van der Waals surface area contributed by atoms with Crippen molar-refractivity contribution in [2.24, 2.45) is 11.7 Å². The number of fused-ring (bicyclic) bond motifs is 1. The van der Waals surface area contributed by atoms with Crippen molar-refractivity contribution in [2.45, 2.75) is 33.0 Å². The number of ether oxygens (including phenoxy) is 2. The first-order valence-corrected chi connectivity index (χ1v) is 13.9. The van der Waals surface area contributed by atoms with E-state index in [4.69, 9.17) is 15.2 Å². The van der Waals surface area contributed by atoms with Crippen LogP contribution in [0.25, 0.3) is 33.3 Å². The molecular weight excluding hydrogens is 551 g/mol. The second-order valence-electron chi connectivity index (χ2n) is 10.9. The zero-order valence-electron chi connectivity index (χ0n) is 25.0. The fourth-order valence-corrected chi connectivity index (χ4v) is 4.58. The van der Waals surface area contributed by atoms with Gasteiger partial charge in [0.05, 0.1) is 7.11 Å². The first-order chi connectivity index (χ1) is 20.5. The van der Waals surface area contributed by atoms with Gasteiger partial charge in [-0.2, -0.15) is 4.39 Å². The summed E-state index contributed by atoms with van der Waals surface area (Å²) >= 11 is 0. The van der Waals surface area contributed by atoms with Crippen LogP contribution >= 0.6 is 0 Å². The maximum absolute atomic E-state index is 14.1. The first-order valence-electron chi connectivity index (χ1n) is 13.9. The maximum Gasteiger partial charge on any atom is 0.324 e. The largest absolute Gasteiger partial charge is 0.497 e. The van der Waals surface area contributed by atoms with Crippen LogP contribution in [0.15, 0.2) is 67.1 Å². The van der Waals surface area contributed by atoms with Gasteiger partial charge in [0.2, 0.25) is 11.9 Å². The van der Waals surface area contributed by atoms with Gasteiger partial charge in [0, 0.05) is 65.5 Å². The Hall–Kier alpha value is -4.61. The van der Waals surface area contributed by atoms with Gasteiger partial charge in [0.15, 0.2) is 6.73 Å². The molecule has 11 heteroatoms. The third-order valence-electron chi connectivity index (χ3n) is 6.61. The van der Waals surface area contributed by atoms with Gasteiger partial charge < -0.3 is 25.4 Å². The molecular formula is C32H37FN6O4. The maximum atomic E-state index is 14.1. The van der Waals surface area contributed by atoms with E-state index in [0.717, 1.165) is 11.1 Å². The first kappa shape index (κ1) is 31.3. The average Bonchev–Trinajstić information content (AvgIpc) is 3.33. The highest BCUT2D eigenvalue weighted by atomic mass is 19.1. The Bertz CT molecular complexity index is 1630. The quantitative estimate of drug-likeness (QED) is 0.137. The molecule has 0 aliphatic rings. The summed E-state index contributed by atoms with van der Waals surface area (Å²) in [6, 6.07) is 9.59. The third-order valence-corrected chi connectivity index (χ3v) is 6.61. The van der Waals surface area contributed by atoms with Crippen LogP contribution in [0, 0.1) is 11.9 Å². The van der Waals surface area contributed by atoms with Crippen LogP contribution in [-0.4, -0.2) is 65.1 Å². The highest BCUT2D eigenvalue weighted by molar-refractivity contribution is 6.00. The lowest BCUT2D eigenvalue weighted by atomic mass is 10.0. The monoisotopic (exact) mass is 588 g/mol. The van der Waals surface area contributed by atoms with E-state index in [1.54, 1.807) is 42.3 Å². The number of methoxy groups -OCH3 is 1. The summed E-state index contributed by atoms with van der Waals surface area (Å²) in [6.07, 6.45) is 8.59.